The van der Waals surface area contributed by atoms with Gasteiger partial charge in [0, 0.05) is 31.1 Å². The number of benzene rings is 1. The molecule has 0 saturated heterocycles. The Hall–Kier alpha value is -1.95. The summed E-state index contributed by atoms with van der Waals surface area (Å²) in [4.78, 5) is 21.7. The third-order valence-corrected chi connectivity index (χ3v) is 2.72. The number of nitrogens with zero attached hydrogens (tertiary/aromatic N) is 1. The van der Waals surface area contributed by atoms with E-state index in [9.17, 15) is 14.9 Å². The molecule has 0 saturated carbocycles. The van der Waals surface area contributed by atoms with Crippen LogP contribution in [0.5, 0.6) is 0 Å². The number of nitrogens with one attached hydrogen (secondary N) is 1. The first-order chi connectivity index (χ1) is 9.02. The van der Waals surface area contributed by atoms with Gasteiger partial charge in [0.1, 0.15) is 0 Å². The zero-order valence-corrected chi connectivity index (χ0v) is 11.0. The molecule has 104 valence electrons. The second-order valence-corrected chi connectivity index (χ2v) is 4.46. The maximum absolute atomic E-state index is 11.6. The van der Waals surface area contributed by atoms with Crippen LogP contribution in [0.4, 0.5) is 5.69 Å². The Morgan fingerprint density at radius 2 is 2.26 bits per heavy atom. The Labute approximate surface area is 112 Å². The van der Waals surface area contributed by atoms with E-state index in [1.165, 1.54) is 12.1 Å². The number of carbonyl (C=O) groups is 1. The van der Waals surface area contributed by atoms with Crippen molar-refractivity contribution in [2.45, 2.75) is 38.8 Å². The van der Waals surface area contributed by atoms with Crippen molar-refractivity contribution >= 4 is 11.6 Å². The van der Waals surface area contributed by atoms with Gasteiger partial charge in [-0.3, -0.25) is 14.9 Å². The van der Waals surface area contributed by atoms with Crippen molar-refractivity contribution in [2.75, 3.05) is 0 Å². The molecule has 1 aromatic rings. The number of rotatable bonds is 7. The minimum absolute atomic E-state index is 0.0226. The molecule has 0 heterocycles. The van der Waals surface area contributed by atoms with Crippen molar-refractivity contribution in [3.8, 4) is 0 Å². The molecule has 0 aliphatic carbocycles. The van der Waals surface area contributed by atoms with Crippen molar-refractivity contribution in [1.82, 2.24) is 5.32 Å². The Kier molecular flexibility index (Phi) is 5.95. The van der Waals surface area contributed by atoms with Crippen molar-refractivity contribution in [3.63, 3.8) is 0 Å². The molecule has 1 aromatic carbocycles. The molecular formula is C13H19N3O3. The monoisotopic (exact) mass is 265 g/mol. The lowest BCUT2D eigenvalue weighted by Crippen LogP contribution is -2.31. The summed E-state index contributed by atoms with van der Waals surface area (Å²) >= 11 is 0. The molecule has 1 atom stereocenters. The Bertz CT molecular complexity index is 449. The number of hydrogen-bond acceptors (Lipinski definition) is 4. The molecule has 19 heavy (non-hydrogen) atoms. The van der Waals surface area contributed by atoms with Crippen molar-refractivity contribution < 1.29 is 9.72 Å². The minimum atomic E-state index is -0.456. The van der Waals surface area contributed by atoms with Crippen molar-refractivity contribution in [2.24, 2.45) is 5.73 Å². The van der Waals surface area contributed by atoms with Gasteiger partial charge in [-0.25, -0.2) is 0 Å². The predicted octanol–water partition coefficient (Wildman–Crippen LogP) is 1.73. The number of hydrogen-bond donors (Lipinski definition) is 2. The van der Waals surface area contributed by atoms with Gasteiger partial charge in [-0.1, -0.05) is 25.5 Å². The summed E-state index contributed by atoms with van der Waals surface area (Å²) in [6, 6.07) is 6.08. The third-order valence-electron chi connectivity index (χ3n) is 2.72. The molecule has 1 unspecified atom stereocenters. The van der Waals surface area contributed by atoms with E-state index in [1.807, 2.05) is 6.92 Å². The Morgan fingerprint density at radius 1 is 1.53 bits per heavy atom. The van der Waals surface area contributed by atoms with Crippen LogP contribution in [0.1, 0.15) is 31.7 Å². The van der Waals surface area contributed by atoms with Gasteiger partial charge in [0.2, 0.25) is 5.91 Å². The maximum atomic E-state index is 11.6. The van der Waals surface area contributed by atoms with Gasteiger partial charge < -0.3 is 11.1 Å². The van der Waals surface area contributed by atoms with Crippen LogP contribution in [0.25, 0.3) is 0 Å². The molecular weight excluding hydrogens is 246 g/mol. The third kappa shape index (κ3) is 5.48. The van der Waals surface area contributed by atoms with Crippen LogP contribution in [-0.2, 0) is 11.3 Å². The highest BCUT2D eigenvalue weighted by molar-refractivity contribution is 5.76. The average Bonchev–Trinajstić information content (AvgIpc) is 2.37. The lowest BCUT2D eigenvalue weighted by molar-refractivity contribution is -0.384. The molecule has 0 aliphatic heterocycles. The first-order valence-corrected chi connectivity index (χ1v) is 6.28. The molecule has 0 aliphatic rings. The zero-order valence-electron chi connectivity index (χ0n) is 11.0. The van der Waals surface area contributed by atoms with Crippen LogP contribution < -0.4 is 11.1 Å². The molecule has 1 amide bonds. The number of carbonyl (C=O) groups excluding carboxylic acids is 1. The van der Waals surface area contributed by atoms with Gasteiger partial charge in [0.15, 0.2) is 0 Å². The molecule has 1 rings (SSSR count). The summed E-state index contributed by atoms with van der Waals surface area (Å²) in [5.41, 5.74) is 6.49. The summed E-state index contributed by atoms with van der Waals surface area (Å²) in [6.07, 6.45) is 2.03. The summed E-state index contributed by atoms with van der Waals surface area (Å²) in [5.74, 6) is -0.132. The topological polar surface area (TPSA) is 98.3 Å². The smallest absolute Gasteiger partial charge is 0.269 e. The SMILES string of the molecule is CCCC(N)CC(=O)NCc1cccc([N+](=O)[O-])c1. The lowest BCUT2D eigenvalue weighted by atomic mass is 10.1. The molecule has 6 heteroatoms. The van der Waals surface area contributed by atoms with Crippen LogP contribution >= 0.6 is 0 Å². The minimum Gasteiger partial charge on any atom is -0.352 e. The summed E-state index contributed by atoms with van der Waals surface area (Å²) in [6.45, 7) is 2.29. The summed E-state index contributed by atoms with van der Waals surface area (Å²) in [7, 11) is 0. The van der Waals surface area contributed by atoms with E-state index in [0.717, 1.165) is 12.8 Å². The normalized spacial score (nSPS) is 11.9. The molecule has 6 nitrogen and oxygen atoms in total. The van der Waals surface area contributed by atoms with Gasteiger partial charge >= 0.3 is 0 Å². The van der Waals surface area contributed by atoms with Crippen molar-refractivity contribution in [3.05, 3.63) is 39.9 Å². The Morgan fingerprint density at radius 3 is 2.89 bits per heavy atom. The van der Waals surface area contributed by atoms with E-state index in [1.54, 1.807) is 12.1 Å². The Balaban J connectivity index is 2.46. The van der Waals surface area contributed by atoms with Crippen LogP contribution in [0.3, 0.4) is 0 Å². The number of amides is 1. The average molecular weight is 265 g/mol. The fourth-order valence-electron chi connectivity index (χ4n) is 1.76. The summed E-state index contributed by atoms with van der Waals surface area (Å²) < 4.78 is 0. The van der Waals surface area contributed by atoms with Gasteiger partial charge in [-0.05, 0) is 12.0 Å². The van der Waals surface area contributed by atoms with Gasteiger partial charge in [-0.15, -0.1) is 0 Å². The van der Waals surface area contributed by atoms with E-state index in [-0.39, 0.29) is 30.6 Å². The number of nitro groups is 1. The molecule has 3 N–H and O–H groups in total. The standard InChI is InChI=1S/C13H19N3O3/c1-2-4-11(14)8-13(17)15-9-10-5-3-6-12(7-10)16(18)19/h3,5-7,11H,2,4,8-9,14H2,1H3,(H,15,17). The molecule has 0 radical (unpaired) electrons. The van der Waals surface area contributed by atoms with E-state index in [4.69, 9.17) is 5.73 Å². The largest absolute Gasteiger partial charge is 0.352 e. The second kappa shape index (κ2) is 7.48. The number of nitro benzene ring substituents is 1. The number of non-ortho nitro benzene ring substituents is 1. The lowest BCUT2D eigenvalue weighted by Gasteiger charge is -2.10. The van der Waals surface area contributed by atoms with Crippen LogP contribution in [0.2, 0.25) is 0 Å². The fraction of sp³-hybridized carbons (Fsp3) is 0.462. The quantitative estimate of drug-likeness (QED) is 0.579. The highest BCUT2D eigenvalue weighted by Gasteiger charge is 2.09. The maximum Gasteiger partial charge on any atom is 0.269 e. The van der Waals surface area contributed by atoms with Crippen LogP contribution in [0.15, 0.2) is 24.3 Å². The van der Waals surface area contributed by atoms with E-state index in [0.29, 0.717) is 5.56 Å². The highest BCUT2D eigenvalue weighted by atomic mass is 16.6. The van der Waals surface area contributed by atoms with Crippen molar-refractivity contribution in [1.29, 1.82) is 0 Å². The zero-order chi connectivity index (χ0) is 14.3. The molecule has 0 aromatic heterocycles. The van der Waals surface area contributed by atoms with Crippen LogP contribution in [0, 0.1) is 10.1 Å². The van der Waals surface area contributed by atoms with E-state index >= 15 is 0 Å². The van der Waals surface area contributed by atoms with Gasteiger partial charge in [-0.2, -0.15) is 0 Å². The van der Waals surface area contributed by atoms with Crippen LogP contribution in [-0.4, -0.2) is 16.9 Å². The molecule has 0 fully saturated rings. The van der Waals surface area contributed by atoms with Gasteiger partial charge in [0.05, 0.1) is 4.92 Å². The summed E-state index contributed by atoms with van der Waals surface area (Å²) in [5, 5.41) is 13.3. The van der Waals surface area contributed by atoms with E-state index < -0.39 is 4.92 Å². The van der Waals surface area contributed by atoms with E-state index in [2.05, 4.69) is 5.32 Å². The predicted molar refractivity (Wildman–Crippen MR) is 72.4 cm³/mol. The first-order valence-electron chi connectivity index (χ1n) is 6.28. The second-order valence-electron chi connectivity index (χ2n) is 4.46. The fourth-order valence-corrected chi connectivity index (χ4v) is 1.76. The molecule has 0 bridgehead atoms. The molecule has 0 spiro atoms. The number of nitrogens with two attached hydrogens (primary N) is 1. The highest BCUT2D eigenvalue weighted by Crippen LogP contribution is 2.12. The van der Waals surface area contributed by atoms with Gasteiger partial charge in [0.25, 0.3) is 5.69 Å². The first kappa shape index (κ1) is 15.1.